The Balaban J connectivity index is 1.39. The van der Waals surface area contributed by atoms with E-state index in [1.807, 2.05) is 48.7 Å². The quantitative estimate of drug-likeness (QED) is 0.776. The SMILES string of the molecule is O=C(Nc1ncc(Cc2ccccc2)s1)C1COc2ccccc2C1. The van der Waals surface area contributed by atoms with Gasteiger partial charge in [-0.1, -0.05) is 48.5 Å². The molecule has 0 fully saturated rings. The molecule has 1 unspecified atom stereocenters. The minimum atomic E-state index is -0.184. The predicted molar refractivity (Wildman–Crippen MR) is 99.1 cm³/mol. The van der Waals surface area contributed by atoms with Gasteiger partial charge in [0, 0.05) is 17.5 Å². The summed E-state index contributed by atoms with van der Waals surface area (Å²) < 4.78 is 5.70. The fourth-order valence-corrected chi connectivity index (χ4v) is 3.80. The number of carbonyl (C=O) groups excluding carboxylic acids is 1. The number of aromatic nitrogens is 1. The lowest BCUT2D eigenvalue weighted by Gasteiger charge is -2.24. The first-order chi connectivity index (χ1) is 12.3. The van der Waals surface area contributed by atoms with Gasteiger partial charge in [0.05, 0.1) is 5.92 Å². The second-order valence-electron chi connectivity index (χ2n) is 6.10. The number of para-hydroxylation sites is 1. The van der Waals surface area contributed by atoms with E-state index in [9.17, 15) is 4.79 Å². The van der Waals surface area contributed by atoms with Gasteiger partial charge in [0.2, 0.25) is 5.91 Å². The molecule has 25 heavy (non-hydrogen) atoms. The van der Waals surface area contributed by atoms with E-state index in [1.54, 1.807) is 0 Å². The zero-order chi connectivity index (χ0) is 17.1. The molecule has 0 aliphatic carbocycles. The number of hydrogen-bond acceptors (Lipinski definition) is 4. The average Bonchev–Trinajstić information content (AvgIpc) is 3.09. The van der Waals surface area contributed by atoms with Gasteiger partial charge in [0.1, 0.15) is 12.4 Å². The molecule has 2 aromatic carbocycles. The Kier molecular flexibility index (Phi) is 4.48. The molecule has 1 aliphatic heterocycles. The van der Waals surface area contributed by atoms with Gasteiger partial charge in [0.15, 0.2) is 5.13 Å². The van der Waals surface area contributed by atoms with E-state index in [0.29, 0.717) is 18.2 Å². The fourth-order valence-electron chi connectivity index (χ4n) is 2.95. The van der Waals surface area contributed by atoms with Crippen molar-refractivity contribution in [1.29, 1.82) is 0 Å². The van der Waals surface area contributed by atoms with Crippen LogP contribution in [0.15, 0.2) is 60.8 Å². The summed E-state index contributed by atoms with van der Waals surface area (Å²) in [5, 5.41) is 3.59. The number of thiazole rings is 1. The maximum absolute atomic E-state index is 12.5. The molecule has 0 saturated carbocycles. The number of amides is 1. The summed E-state index contributed by atoms with van der Waals surface area (Å²) in [6.45, 7) is 0.408. The maximum atomic E-state index is 12.5. The lowest BCUT2D eigenvalue weighted by atomic mass is 9.96. The normalized spacial score (nSPS) is 15.9. The molecule has 4 nitrogen and oxygen atoms in total. The Bertz CT molecular complexity index is 876. The van der Waals surface area contributed by atoms with Crippen molar-refractivity contribution >= 4 is 22.4 Å². The molecule has 0 bridgehead atoms. The van der Waals surface area contributed by atoms with Crippen LogP contribution in [0.25, 0.3) is 0 Å². The van der Waals surface area contributed by atoms with Crippen molar-refractivity contribution in [3.05, 3.63) is 76.8 Å². The Labute approximate surface area is 150 Å². The Hall–Kier alpha value is -2.66. The first kappa shape index (κ1) is 15.8. The highest BCUT2D eigenvalue weighted by molar-refractivity contribution is 7.15. The summed E-state index contributed by atoms with van der Waals surface area (Å²) in [4.78, 5) is 18.0. The van der Waals surface area contributed by atoms with Crippen LogP contribution in [0, 0.1) is 5.92 Å². The third kappa shape index (κ3) is 3.72. The Morgan fingerprint density at radius 3 is 2.84 bits per heavy atom. The zero-order valence-corrected chi connectivity index (χ0v) is 14.5. The molecule has 0 spiro atoms. The highest BCUT2D eigenvalue weighted by Gasteiger charge is 2.26. The van der Waals surface area contributed by atoms with E-state index in [1.165, 1.54) is 16.9 Å². The van der Waals surface area contributed by atoms with Crippen LogP contribution in [0.3, 0.4) is 0 Å². The van der Waals surface area contributed by atoms with Crippen LogP contribution in [0.4, 0.5) is 5.13 Å². The van der Waals surface area contributed by atoms with Crippen molar-refractivity contribution in [2.75, 3.05) is 11.9 Å². The van der Waals surface area contributed by atoms with Crippen LogP contribution >= 0.6 is 11.3 Å². The molecule has 2 heterocycles. The number of ether oxygens (including phenoxy) is 1. The zero-order valence-electron chi connectivity index (χ0n) is 13.6. The monoisotopic (exact) mass is 350 g/mol. The van der Waals surface area contributed by atoms with Crippen molar-refractivity contribution in [2.45, 2.75) is 12.8 Å². The van der Waals surface area contributed by atoms with Crippen molar-refractivity contribution in [1.82, 2.24) is 4.98 Å². The summed E-state index contributed by atoms with van der Waals surface area (Å²) in [7, 11) is 0. The molecule has 1 amide bonds. The van der Waals surface area contributed by atoms with Crippen molar-refractivity contribution < 1.29 is 9.53 Å². The molecule has 5 heteroatoms. The summed E-state index contributed by atoms with van der Waals surface area (Å²) >= 11 is 1.52. The molecule has 0 radical (unpaired) electrons. The van der Waals surface area contributed by atoms with Crippen LogP contribution in [-0.4, -0.2) is 17.5 Å². The second-order valence-corrected chi connectivity index (χ2v) is 7.22. The molecule has 0 saturated heterocycles. The van der Waals surface area contributed by atoms with E-state index in [2.05, 4.69) is 22.4 Å². The Morgan fingerprint density at radius 2 is 1.96 bits per heavy atom. The molecule has 1 aromatic heterocycles. The Morgan fingerprint density at radius 1 is 1.16 bits per heavy atom. The van der Waals surface area contributed by atoms with Crippen LogP contribution in [0.5, 0.6) is 5.75 Å². The number of fused-ring (bicyclic) bond motifs is 1. The highest BCUT2D eigenvalue weighted by Crippen LogP contribution is 2.28. The number of nitrogens with one attached hydrogen (secondary N) is 1. The highest BCUT2D eigenvalue weighted by atomic mass is 32.1. The third-order valence-corrected chi connectivity index (χ3v) is 5.17. The van der Waals surface area contributed by atoms with Crippen LogP contribution in [-0.2, 0) is 17.6 Å². The van der Waals surface area contributed by atoms with E-state index < -0.39 is 0 Å². The number of nitrogens with zero attached hydrogens (tertiary/aromatic N) is 1. The molecule has 4 rings (SSSR count). The largest absolute Gasteiger partial charge is 0.492 e. The lowest BCUT2D eigenvalue weighted by Crippen LogP contribution is -2.32. The van der Waals surface area contributed by atoms with E-state index in [-0.39, 0.29) is 11.8 Å². The number of rotatable bonds is 4. The van der Waals surface area contributed by atoms with E-state index >= 15 is 0 Å². The molecule has 1 atom stereocenters. The van der Waals surface area contributed by atoms with Crippen molar-refractivity contribution in [3.8, 4) is 5.75 Å². The van der Waals surface area contributed by atoms with Gasteiger partial charge in [-0.25, -0.2) is 4.98 Å². The number of anilines is 1. The molecule has 3 aromatic rings. The van der Waals surface area contributed by atoms with Crippen LogP contribution in [0.1, 0.15) is 16.0 Å². The van der Waals surface area contributed by atoms with Crippen LogP contribution < -0.4 is 10.1 Å². The van der Waals surface area contributed by atoms with Gasteiger partial charge in [0.25, 0.3) is 0 Å². The fraction of sp³-hybridized carbons (Fsp3) is 0.200. The van der Waals surface area contributed by atoms with Gasteiger partial charge >= 0.3 is 0 Å². The average molecular weight is 350 g/mol. The minimum Gasteiger partial charge on any atom is -0.492 e. The number of carbonyl (C=O) groups is 1. The molecule has 1 N–H and O–H groups in total. The third-order valence-electron chi connectivity index (χ3n) is 4.25. The van der Waals surface area contributed by atoms with Gasteiger partial charge in [-0.3, -0.25) is 4.79 Å². The van der Waals surface area contributed by atoms with Crippen molar-refractivity contribution in [2.24, 2.45) is 5.92 Å². The van der Waals surface area contributed by atoms with E-state index in [4.69, 9.17) is 4.74 Å². The number of hydrogen-bond donors (Lipinski definition) is 1. The molecule has 1 aliphatic rings. The van der Waals surface area contributed by atoms with Crippen LogP contribution in [0.2, 0.25) is 0 Å². The minimum absolute atomic E-state index is 0.0323. The summed E-state index contributed by atoms with van der Waals surface area (Å²) in [6, 6.07) is 18.1. The topological polar surface area (TPSA) is 51.2 Å². The standard InChI is InChI=1S/C20H18N2O2S/c23-19(16-11-15-8-4-5-9-18(15)24-13-16)22-20-21-12-17(25-20)10-14-6-2-1-3-7-14/h1-9,12,16H,10-11,13H2,(H,21,22,23). The van der Waals surface area contributed by atoms with Gasteiger partial charge in [-0.2, -0.15) is 0 Å². The smallest absolute Gasteiger partial charge is 0.233 e. The molecular weight excluding hydrogens is 332 g/mol. The molecule has 126 valence electrons. The summed E-state index contributed by atoms with van der Waals surface area (Å²) in [5.41, 5.74) is 2.32. The molecular formula is C20H18N2O2S. The lowest BCUT2D eigenvalue weighted by molar-refractivity contribution is -0.121. The maximum Gasteiger partial charge on any atom is 0.233 e. The summed E-state index contributed by atoms with van der Waals surface area (Å²) in [6.07, 6.45) is 3.36. The van der Waals surface area contributed by atoms with Crippen molar-refractivity contribution in [3.63, 3.8) is 0 Å². The van der Waals surface area contributed by atoms with Gasteiger partial charge in [-0.15, -0.1) is 11.3 Å². The summed E-state index contributed by atoms with van der Waals surface area (Å²) in [5.74, 6) is 0.664. The van der Waals surface area contributed by atoms with Gasteiger partial charge < -0.3 is 10.1 Å². The predicted octanol–water partition coefficient (Wildman–Crippen LogP) is 3.92. The second kappa shape index (κ2) is 7.07. The van der Waals surface area contributed by atoms with E-state index in [0.717, 1.165) is 22.6 Å². The first-order valence-electron chi connectivity index (χ1n) is 8.28. The van der Waals surface area contributed by atoms with Gasteiger partial charge in [-0.05, 0) is 23.6 Å². The first-order valence-corrected chi connectivity index (χ1v) is 9.10. The number of benzene rings is 2.